The summed E-state index contributed by atoms with van der Waals surface area (Å²) in [5.41, 5.74) is 1.18. The van der Waals surface area contributed by atoms with Crippen LogP contribution in [0.15, 0.2) is 23.1 Å². The number of aryl methyl sites for hydroxylation is 1. The summed E-state index contributed by atoms with van der Waals surface area (Å²) < 4.78 is 31.2. The van der Waals surface area contributed by atoms with Gasteiger partial charge in [0.2, 0.25) is 5.91 Å². The van der Waals surface area contributed by atoms with Crippen LogP contribution in [0.1, 0.15) is 34.6 Å². The zero-order valence-electron chi connectivity index (χ0n) is 14.7. The van der Waals surface area contributed by atoms with E-state index in [9.17, 15) is 18.4 Å². The maximum absolute atomic E-state index is 13.2. The molecule has 140 valence electrons. The number of esters is 1. The second-order valence-electron chi connectivity index (χ2n) is 5.34. The Labute approximate surface area is 158 Å². The number of ether oxygens (including phenoxy) is 1. The van der Waals surface area contributed by atoms with Crippen molar-refractivity contribution >= 4 is 40.0 Å². The van der Waals surface area contributed by atoms with Gasteiger partial charge in [-0.3, -0.25) is 4.79 Å². The molecule has 1 amide bonds. The van der Waals surface area contributed by atoms with E-state index in [1.807, 2.05) is 13.8 Å². The highest BCUT2D eigenvalue weighted by atomic mass is 32.2. The van der Waals surface area contributed by atoms with Crippen LogP contribution in [0.25, 0.3) is 0 Å². The largest absolute Gasteiger partial charge is 0.462 e. The summed E-state index contributed by atoms with van der Waals surface area (Å²) in [6.45, 7) is 5.76. The number of carbonyl (C=O) groups is 2. The van der Waals surface area contributed by atoms with E-state index < -0.39 is 17.6 Å². The average Bonchev–Trinajstić information content (AvgIpc) is 2.91. The molecular formula is C18H19F2NO3S2. The van der Waals surface area contributed by atoms with Gasteiger partial charge in [0.05, 0.1) is 17.9 Å². The zero-order valence-corrected chi connectivity index (χ0v) is 16.3. The first-order valence-electron chi connectivity index (χ1n) is 8.04. The predicted octanol–water partition coefficient (Wildman–Crippen LogP) is 4.80. The quantitative estimate of drug-likeness (QED) is 0.537. The van der Waals surface area contributed by atoms with Gasteiger partial charge in [-0.25, -0.2) is 13.6 Å². The highest BCUT2D eigenvalue weighted by Gasteiger charge is 2.23. The van der Waals surface area contributed by atoms with E-state index in [-0.39, 0.29) is 18.3 Å². The van der Waals surface area contributed by atoms with Gasteiger partial charge in [-0.2, -0.15) is 0 Å². The van der Waals surface area contributed by atoms with Gasteiger partial charge >= 0.3 is 5.97 Å². The molecule has 4 nitrogen and oxygen atoms in total. The monoisotopic (exact) mass is 399 g/mol. The van der Waals surface area contributed by atoms with Gasteiger partial charge in [0.15, 0.2) is 11.6 Å². The molecule has 0 radical (unpaired) electrons. The molecule has 1 heterocycles. The Morgan fingerprint density at radius 1 is 1.23 bits per heavy atom. The molecule has 1 aromatic carbocycles. The summed E-state index contributed by atoms with van der Waals surface area (Å²) in [5.74, 6) is -2.69. The molecule has 2 aromatic rings. The van der Waals surface area contributed by atoms with Gasteiger partial charge in [0.1, 0.15) is 5.00 Å². The molecule has 2 rings (SSSR count). The van der Waals surface area contributed by atoms with Crippen molar-refractivity contribution in [1.29, 1.82) is 0 Å². The van der Waals surface area contributed by atoms with Crippen LogP contribution in [-0.2, 0) is 16.0 Å². The number of nitrogens with one attached hydrogen (secondary N) is 1. The van der Waals surface area contributed by atoms with Crippen molar-refractivity contribution in [2.75, 3.05) is 17.7 Å². The van der Waals surface area contributed by atoms with Gasteiger partial charge in [0.25, 0.3) is 0 Å². The highest BCUT2D eigenvalue weighted by Crippen LogP contribution is 2.34. The molecule has 0 fully saturated rings. The lowest BCUT2D eigenvalue weighted by Gasteiger charge is -2.07. The molecule has 0 aliphatic heterocycles. The van der Waals surface area contributed by atoms with Crippen molar-refractivity contribution in [3.05, 3.63) is 45.8 Å². The van der Waals surface area contributed by atoms with Crippen molar-refractivity contribution in [1.82, 2.24) is 0 Å². The number of benzene rings is 1. The van der Waals surface area contributed by atoms with Crippen LogP contribution < -0.4 is 5.32 Å². The number of carbonyl (C=O) groups excluding carboxylic acids is 2. The molecule has 0 atom stereocenters. The minimum Gasteiger partial charge on any atom is -0.462 e. The molecule has 0 saturated heterocycles. The molecule has 1 N–H and O–H groups in total. The third kappa shape index (κ3) is 4.82. The number of thiophene rings is 1. The number of amides is 1. The van der Waals surface area contributed by atoms with Crippen molar-refractivity contribution < 1.29 is 23.1 Å². The lowest BCUT2D eigenvalue weighted by atomic mass is 10.1. The van der Waals surface area contributed by atoms with E-state index >= 15 is 0 Å². The Morgan fingerprint density at radius 2 is 1.96 bits per heavy atom. The fourth-order valence-electron chi connectivity index (χ4n) is 2.31. The van der Waals surface area contributed by atoms with Gasteiger partial charge in [-0.05, 0) is 44.0 Å². The van der Waals surface area contributed by atoms with Crippen molar-refractivity contribution in [2.24, 2.45) is 0 Å². The van der Waals surface area contributed by atoms with Gasteiger partial charge in [-0.1, -0.05) is 6.92 Å². The smallest absolute Gasteiger partial charge is 0.341 e. The molecule has 8 heteroatoms. The SMILES string of the molecule is CCOC(=O)c1c(NC(=O)CSc2ccc(F)c(F)c2)sc(CC)c1C. The van der Waals surface area contributed by atoms with Crippen molar-refractivity contribution in [3.8, 4) is 0 Å². The summed E-state index contributed by atoms with van der Waals surface area (Å²) in [6.07, 6.45) is 0.738. The third-order valence-electron chi connectivity index (χ3n) is 3.56. The molecule has 0 unspecified atom stereocenters. The summed E-state index contributed by atoms with van der Waals surface area (Å²) in [4.78, 5) is 25.9. The number of anilines is 1. The molecule has 0 saturated carbocycles. The summed E-state index contributed by atoms with van der Waals surface area (Å²) in [6, 6.07) is 3.47. The fraction of sp³-hybridized carbons (Fsp3) is 0.333. The van der Waals surface area contributed by atoms with E-state index in [0.29, 0.717) is 15.5 Å². The molecule has 0 bridgehead atoms. The molecule has 1 aromatic heterocycles. The minimum absolute atomic E-state index is 0.00570. The number of hydrogen-bond acceptors (Lipinski definition) is 5. The average molecular weight is 399 g/mol. The fourth-order valence-corrected chi connectivity index (χ4v) is 4.18. The van der Waals surface area contributed by atoms with Crippen molar-refractivity contribution in [3.63, 3.8) is 0 Å². The second-order valence-corrected chi connectivity index (χ2v) is 7.50. The van der Waals surface area contributed by atoms with Gasteiger partial charge in [0, 0.05) is 9.77 Å². The first kappa shape index (κ1) is 20.4. The van der Waals surface area contributed by atoms with Crippen LogP contribution in [0.4, 0.5) is 13.8 Å². The van der Waals surface area contributed by atoms with Crippen LogP contribution in [0.5, 0.6) is 0 Å². The Kier molecular flexibility index (Phi) is 7.16. The van der Waals surface area contributed by atoms with E-state index in [1.54, 1.807) is 6.92 Å². The molecule has 0 aliphatic rings. The minimum atomic E-state index is -0.957. The maximum atomic E-state index is 13.2. The van der Waals surface area contributed by atoms with Crippen LogP contribution in [0.2, 0.25) is 0 Å². The number of hydrogen-bond donors (Lipinski definition) is 1. The Hall–Kier alpha value is -1.93. The van der Waals surface area contributed by atoms with Crippen LogP contribution in [0.3, 0.4) is 0 Å². The van der Waals surface area contributed by atoms with Gasteiger partial charge < -0.3 is 10.1 Å². The van der Waals surface area contributed by atoms with Crippen molar-refractivity contribution in [2.45, 2.75) is 32.1 Å². The molecule has 26 heavy (non-hydrogen) atoms. The number of halogens is 2. The van der Waals surface area contributed by atoms with E-state index in [0.717, 1.165) is 40.8 Å². The first-order chi connectivity index (χ1) is 12.4. The highest BCUT2D eigenvalue weighted by molar-refractivity contribution is 8.00. The predicted molar refractivity (Wildman–Crippen MR) is 100 cm³/mol. The Bertz CT molecular complexity index is 821. The normalized spacial score (nSPS) is 10.7. The number of thioether (sulfide) groups is 1. The zero-order chi connectivity index (χ0) is 19.3. The van der Waals surface area contributed by atoms with Gasteiger partial charge in [-0.15, -0.1) is 23.1 Å². The Morgan fingerprint density at radius 3 is 2.58 bits per heavy atom. The van der Waals surface area contributed by atoms with E-state index in [2.05, 4.69) is 5.32 Å². The lowest BCUT2D eigenvalue weighted by molar-refractivity contribution is -0.113. The number of rotatable bonds is 7. The molecule has 0 spiro atoms. The lowest BCUT2D eigenvalue weighted by Crippen LogP contribution is -2.16. The van der Waals surface area contributed by atoms with E-state index in [4.69, 9.17) is 4.74 Å². The molecular weight excluding hydrogens is 380 g/mol. The maximum Gasteiger partial charge on any atom is 0.341 e. The Balaban J connectivity index is 2.10. The second kappa shape index (κ2) is 9.14. The van der Waals surface area contributed by atoms with Crippen LogP contribution in [0, 0.1) is 18.6 Å². The standard InChI is InChI=1S/C18H19F2NO3S2/c1-4-14-10(3)16(18(23)24-5-2)17(26-14)21-15(22)9-25-11-6-7-12(19)13(20)8-11/h6-8H,4-5,9H2,1-3H3,(H,21,22). The summed E-state index contributed by atoms with van der Waals surface area (Å²) in [5, 5.41) is 3.18. The van der Waals surface area contributed by atoms with E-state index in [1.165, 1.54) is 17.4 Å². The summed E-state index contributed by atoms with van der Waals surface area (Å²) >= 11 is 2.42. The first-order valence-corrected chi connectivity index (χ1v) is 9.84. The topological polar surface area (TPSA) is 55.4 Å². The van der Waals surface area contributed by atoms with Crippen LogP contribution in [-0.4, -0.2) is 24.2 Å². The van der Waals surface area contributed by atoms with Crippen LogP contribution >= 0.6 is 23.1 Å². The third-order valence-corrected chi connectivity index (χ3v) is 5.91. The summed E-state index contributed by atoms with van der Waals surface area (Å²) in [7, 11) is 0. The molecule has 0 aliphatic carbocycles.